The van der Waals surface area contributed by atoms with Gasteiger partial charge in [-0.1, -0.05) is 29.8 Å². The van der Waals surface area contributed by atoms with E-state index in [1.807, 2.05) is 12.1 Å². The predicted octanol–water partition coefficient (Wildman–Crippen LogP) is 3.18. The van der Waals surface area contributed by atoms with Gasteiger partial charge in [0.1, 0.15) is 5.75 Å². The number of benzene rings is 2. The van der Waals surface area contributed by atoms with Crippen LogP contribution in [0.5, 0.6) is 5.75 Å². The highest BCUT2D eigenvalue weighted by molar-refractivity contribution is 6.30. The lowest BCUT2D eigenvalue weighted by molar-refractivity contribution is -0.131. The van der Waals surface area contributed by atoms with Gasteiger partial charge in [-0.15, -0.1) is 0 Å². The highest BCUT2D eigenvalue weighted by atomic mass is 35.5. The van der Waals surface area contributed by atoms with Crippen LogP contribution < -0.4 is 5.32 Å². The van der Waals surface area contributed by atoms with Gasteiger partial charge in [-0.25, -0.2) is 0 Å². The van der Waals surface area contributed by atoms with Gasteiger partial charge in [0.05, 0.1) is 6.54 Å². The number of rotatable bonds is 4. The standard InChI is InChI=1S/C20H21ClN2O3/c21-17-3-1-2-16(12-17)20(26)22-13-19(25)23-10-8-15(9-11-23)14-4-6-18(24)7-5-14/h1-7,12,15,24H,8-11,13H2,(H,22,26). The van der Waals surface area contributed by atoms with Crippen molar-refractivity contribution < 1.29 is 14.7 Å². The first kappa shape index (κ1) is 18.3. The molecule has 26 heavy (non-hydrogen) atoms. The van der Waals surface area contributed by atoms with E-state index in [1.165, 1.54) is 5.56 Å². The molecule has 1 aliphatic rings. The summed E-state index contributed by atoms with van der Waals surface area (Å²) in [4.78, 5) is 26.2. The van der Waals surface area contributed by atoms with Gasteiger partial charge < -0.3 is 15.3 Å². The molecule has 2 N–H and O–H groups in total. The summed E-state index contributed by atoms with van der Waals surface area (Å²) in [6, 6.07) is 13.9. The van der Waals surface area contributed by atoms with Crippen LogP contribution in [0, 0.1) is 0 Å². The molecular formula is C20H21ClN2O3. The number of nitrogens with zero attached hydrogens (tertiary/aromatic N) is 1. The number of phenols is 1. The second-order valence-electron chi connectivity index (χ2n) is 6.44. The quantitative estimate of drug-likeness (QED) is 0.866. The monoisotopic (exact) mass is 372 g/mol. The smallest absolute Gasteiger partial charge is 0.251 e. The molecule has 1 heterocycles. The van der Waals surface area contributed by atoms with E-state index < -0.39 is 0 Å². The Kier molecular flexibility index (Phi) is 5.78. The number of piperidine rings is 1. The van der Waals surface area contributed by atoms with E-state index in [0.29, 0.717) is 29.6 Å². The van der Waals surface area contributed by atoms with Crippen LogP contribution >= 0.6 is 11.6 Å². The van der Waals surface area contributed by atoms with Crippen LogP contribution in [-0.2, 0) is 4.79 Å². The maximum absolute atomic E-state index is 12.3. The molecule has 0 unspecified atom stereocenters. The molecule has 2 aromatic rings. The molecule has 1 fully saturated rings. The maximum Gasteiger partial charge on any atom is 0.251 e. The number of halogens is 1. The fourth-order valence-corrected chi connectivity index (χ4v) is 3.40. The number of carbonyl (C=O) groups is 2. The van der Waals surface area contributed by atoms with Crippen molar-refractivity contribution in [3.05, 3.63) is 64.7 Å². The summed E-state index contributed by atoms with van der Waals surface area (Å²) >= 11 is 5.88. The van der Waals surface area contributed by atoms with Crippen LogP contribution in [0.25, 0.3) is 0 Å². The van der Waals surface area contributed by atoms with Gasteiger partial charge in [-0.05, 0) is 54.7 Å². The van der Waals surface area contributed by atoms with Crippen LogP contribution in [0.3, 0.4) is 0 Å². The van der Waals surface area contributed by atoms with Crippen molar-refractivity contribution in [1.82, 2.24) is 10.2 Å². The van der Waals surface area contributed by atoms with Gasteiger partial charge in [-0.2, -0.15) is 0 Å². The molecule has 1 aliphatic heterocycles. The zero-order valence-corrected chi connectivity index (χ0v) is 15.1. The number of hydrogen-bond donors (Lipinski definition) is 2. The summed E-state index contributed by atoms with van der Waals surface area (Å²) in [5, 5.41) is 12.5. The largest absolute Gasteiger partial charge is 0.508 e. The number of hydrogen-bond acceptors (Lipinski definition) is 3. The van der Waals surface area contributed by atoms with Crippen molar-refractivity contribution in [2.24, 2.45) is 0 Å². The molecule has 2 aromatic carbocycles. The Labute approximate surface area is 157 Å². The summed E-state index contributed by atoms with van der Waals surface area (Å²) in [6.45, 7) is 1.31. The third kappa shape index (κ3) is 4.55. The van der Waals surface area contributed by atoms with Crippen LogP contribution in [0.2, 0.25) is 5.02 Å². The van der Waals surface area contributed by atoms with Gasteiger partial charge in [0.2, 0.25) is 5.91 Å². The first-order valence-corrected chi connectivity index (χ1v) is 9.01. The number of aromatic hydroxyl groups is 1. The average molecular weight is 373 g/mol. The molecule has 5 nitrogen and oxygen atoms in total. The van der Waals surface area contributed by atoms with Gasteiger partial charge >= 0.3 is 0 Å². The molecule has 0 radical (unpaired) electrons. The van der Waals surface area contributed by atoms with Gasteiger partial charge in [-0.3, -0.25) is 9.59 Å². The fourth-order valence-electron chi connectivity index (χ4n) is 3.21. The van der Waals surface area contributed by atoms with E-state index in [-0.39, 0.29) is 24.1 Å². The van der Waals surface area contributed by atoms with Crippen molar-refractivity contribution in [2.45, 2.75) is 18.8 Å². The number of carbonyl (C=O) groups excluding carboxylic acids is 2. The topological polar surface area (TPSA) is 69.6 Å². The van der Waals surface area contributed by atoms with Crippen molar-refractivity contribution in [2.75, 3.05) is 19.6 Å². The zero-order chi connectivity index (χ0) is 18.5. The van der Waals surface area contributed by atoms with Gasteiger partial charge in [0.25, 0.3) is 5.91 Å². The molecule has 0 aromatic heterocycles. The van der Waals surface area contributed by atoms with Crippen molar-refractivity contribution >= 4 is 23.4 Å². The van der Waals surface area contributed by atoms with E-state index in [9.17, 15) is 14.7 Å². The Morgan fingerprint density at radius 2 is 1.81 bits per heavy atom. The van der Waals surface area contributed by atoms with E-state index >= 15 is 0 Å². The first-order valence-electron chi connectivity index (χ1n) is 8.63. The van der Waals surface area contributed by atoms with Crippen LogP contribution in [0.1, 0.15) is 34.7 Å². The molecule has 0 aliphatic carbocycles. The molecule has 0 saturated carbocycles. The van der Waals surface area contributed by atoms with Crippen LogP contribution in [-0.4, -0.2) is 41.5 Å². The van der Waals surface area contributed by atoms with E-state index in [2.05, 4.69) is 5.32 Å². The van der Waals surface area contributed by atoms with Crippen molar-refractivity contribution in [3.8, 4) is 5.75 Å². The highest BCUT2D eigenvalue weighted by Gasteiger charge is 2.24. The minimum absolute atomic E-state index is 0.0186. The Bertz CT molecular complexity index is 784. The second-order valence-corrected chi connectivity index (χ2v) is 6.88. The summed E-state index contributed by atoms with van der Waals surface area (Å²) in [5.74, 6) is 0.266. The normalized spacial score (nSPS) is 14.9. The molecule has 0 bridgehead atoms. The first-order chi connectivity index (χ1) is 12.5. The molecule has 0 spiro atoms. The van der Waals surface area contributed by atoms with Gasteiger partial charge in [0, 0.05) is 23.7 Å². The van der Waals surface area contributed by atoms with Crippen LogP contribution in [0.15, 0.2) is 48.5 Å². The summed E-state index contributed by atoms with van der Waals surface area (Å²) in [6.07, 6.45) is 1.75. The molecule has 136 valence electrons. The highest BCUT2D eigenvalue weighted by Crippen LogP contribution is 2.28. The molecule has 6 heteroatoms. The predicted molar refractivity (Wildman–Crippen MR) is 100 cm³/mol. The summed E-state index contributed by atoms with van der Waals surface area (Å²) < 4.78 is 0. The Morgan fingerprint density at radius 1 is 1.12 bits per heavy atom. The van der Waals surface area contributed by atoms with E-state index in [1.54, 1.807) is 41.3 Å². The molecular weight excluding hydrogens is 352 g/mol. The molecule has 0 atom stereocenters. The van der Waals surface area contributed by atoms with Crippen molar-refractivity contribution in [1.29, 1.82) is 0 Å². The van der Waals surface area contributed by atoms with Gasteiger partial charge in [0.15, 0.2) is 0 Å². The van der Waals surface area contributed by atoms with Crippen molar-refractivity contribution in [3.63, 3.8) is 0 Å². The number of likely N-dealkylation sites (tertiary alicyclic amines) is 1. The zero-order valence-electron chi connectivity index (χ0n) is 14.3. The fraction of sp³-hybridized carbons (Fsp3) is 0.300. The maximum atomic E-state index is 12.3. The molecule has 3 rings (SSSR count). The Hall–Kier alpha value is -2.53. The molecule has 2 amide bonds. The number of phenolic OH excluding ortho intramolecular Hbond substituents is 1. The summed E-state index contributed by atoms with van der Waals surface area (Å²) in [7, 11) is 0. The lowest BCUT2D eigenvalue weighted by Crippen LogP contribution is -2.43. The third-order valence-corrected chi connectivity index (χ3v) is 4.93. The molecule has 1 saturated heterocycles. The lowest BCUT2D eigenvalue weighted by Gasteiger charge is -2.32. The Morgan fingerprint density at radius 3 is 2.46 bits per heavy atom. The van der Waals surface area contributed by atoms with E-state index in [0.717, 1.165) is 12.8 Å². The second kappa shape index (κ2) is 8.23. The SMILES string of the molecule is O=C(NCC(=O)N1CCC(c2ccc(O)cc2)CC1)c1cccc(Cl)c1. The minimum atomic E-state index is -0.306. The van der Waals surface area contributed by atoms with Crippen LogP contribution in [0.4, 0.5) is 0 Å². The van der Waals surface area contributed by atoms with E-state index in [4.69, 9.17) is 11.6 Å². The minimum Gasteiger partial charge on any atom is -0.508 e. The Balaban J connectivity index is 1.47. The number of nitrogens with one attached hydrogen (secondary N) is 1. The summed E-state index contributed by atoms with van der Waals surface area (Å²) in [5.41, 5.74) is 1.63. The lowest BCUT2D eigenvalue weighted by atomic mass is 9.89. The third-order valence-electron chi connectivity index (χ3n) is 4.70. The number of amides is 2. The average Bonchev–Trinajstić information content (AvgIpc) is 2.66.